The van der Waals surface area contributed by atoms with E-state index in [0.717, 1.165) is 23.4 Å². The van der Waals surface area contributed by atoms with E-state index in [1.165, 1.54) is 0 Å². The lowest BCUT2D eigenvalue weighted by molar-refractivity contribution is -0.144. The van der Waals surface area contributed by atoms with E-state index >= 15 is 0 Å². The van der Waals surface area contributed by atoms with Crippen LogP contribution in [0, 0.1) is 6.92 Å². The minimum atomic E-state index is -1.07. The fourth-order valence-electron chi connectivity index (χ4n) is 2.74. The van der Waals surface area contributed by atoms with E-state index in [0.29, 0.717) is 25.9 Å². The van der Waals surface area contributed by atoms with Crippen molar-refractivity contribution in [2.75, 3.05) is 20.2 Å². The van der Waals surface area contributed by atoms with Gasteiger partial charge in [0.05, 0.1) is 25.3 Å². The molecule has 116 valence electrons. The molecule has 0 unspecified atom stereocenters. The molecule has 1 fully saturated rings. The molecular formula is C15H22N2O4. The van der Waals surface area contributed by atoms with Gasteiger partial charge in [-0.3, -0.25) is 14.7 Å². The number of hydrogen-bond acceptors (Lipinski definition) is 5. The Bertz CT molecular complexity index is 510. The molecule has 1 aliphatic heterocycles. The van der Waals surface area contributed by atoms with E-state index in [1.54, 1.807) is 13.3 Å². The van der Waals surface area contributed by atoms with Crippen LogP contribution in [0.2, 0.25) is 0 Å². The normalized spacial score (nSPS) is 18.4. The summed E-state index contributed by atoms with van der Waals surface area (Å²) in [6, 6.07) is 0. The summed E-state index contributed by atoms with van der Waals surface area (Å²) < 4.78 is 5.27. The quantitative estimate of drug-likeness (QED) is 0.849. The number of hydrogen-bond donors (Lipinski definition) is 2. The molecule has 0 amide bonds. The third-order valence-electron chi connectivity index (χ3n) is 4.15. The summed E-state index contributed by atoms with van der Waals surface area (Å²) >= 11 is 0. The van der Waals surface area contributed by atoms with E-state index in [9.17, 15) is 9.90 Å². The summed E-state index contributed by atoms with van der Waals surface area (Å²) in [5.41, 5.74) is 1.10. The van der Waals surface area contributed by atoms with Crippen LogP contribution in [0.3, 0.4) is 0 Å². The molecule has 6 nitrogen and oxygen atoms in total. The molecule has 0 bridgehead atoms. The smallest absolute Gasteiger partial charge is 0.306 e. The molecule has 6 heteroatoms. The minimum absolute atomic E-state index is 0.180. The van der Waals surface area contributed by atoms with Crippen molar-refractivity contribution in [1.82, 2.24) is 9.88 Å². The third kappa shape index (κ3) is 3.92. The number of carbonyl (C=O) groups is 1. The number of carboxylic acid groups (broad SMARTS) is 1. The summed E-state index contributed by atoms with van der Waals surface area (Å²) in [6.45, 7) is 4.10. The summed E-state index contributed by atoms with van der Waals surface area (Å²) in [4.78, 5) is 17.1. The molecule has 2 rings (SSSR count). The predicted octanol–water partition coefficient (Wildman–Crippen LogP) is 1.20. The fraction of sp³-hybridized carbons (Fsp3) is 0.600. The number of nitrogens with zero attached hydrogens (tertiary/aromatic N) is 2. The second-order valence-electron chi connectivity index (χ2n) is 5.70. The lowest BCUT2D eigenvalue weighted by atomic mass is 9.88. The van der Waals surface area contributed by atoms with Crippen molar-refractivity contribution in [2.24, 2.45) is 0 Å². The second-order valence-corrected chi connectivity index (χ2v) is 5.70. The lowest BCUT2D eigenvalue weighted by Crippen LogP contribution is -2.45. The highest BCUT2D eigenvalue weighted by Gasteiger charge is 2.34. The van der Waals surface area contributed by atoms with Gasteiger partial charge in [-0.25, -0.2) is 0 Å². The van der Waals surface area contributed by atoms with Crippen LogP contribution in [0.5, 0.6) is 5.75 Å². The molecule has 1 aromatic heterocycles. The average molecular weight is 294 g/mol. The van der Waals surface area contributed by atoms with Crippen molar-refractivity contribution in [3.63, 3.8) is 0 Å². The Labute approximate surface area is 124 Å². The van der Waals surface area contributed by atoms with Crippen molar-refractivity contribution in [1.29, 1.82) is 0 Å². The second kappa shape index (κ2) is 6.41. The van der Waals surface area contributed by atoms with Gasteiger partial charge in [-0.1, -0.05) is 0 Å². The Kier molecular flexibility index (Phi) is 4.80. The molecule has 2 heterocycles. The van der Waals surface area contributed by atoms with Crippen LogP contribution < -0.4 is 4.74 Å². The van der Waals surface area contributed by atoms with Crippen molar-refractivity contribution in [2.45, 2.75) is 38.3 Å². The first-order valence-electron chi connectivity index (χ1n) is 7.07. The van der Waals surface area contributed by atoms with Crippen LogP contribution in [0.15, 0.2) is 12.4 Å². The molecule has 0 atom stereocenters. The Balaban J connectivity index is 1.96. The Morgan fingerprint density at radius 2 is 2.10 bits per heavy atom. The Hall–Kier alpha value is -1.66. The maximum absolute atomic E-state index is 10.8. The standard InChI is InChI=1S/C15H22N2O4/c1-11-12(8-16-9-13(11)21-2)10-17-5-3-15(20,4-6-17)7-14(18)19/h8-9,20H,3-7,10H2,1-2H3,(H,18,19). The molecule has 0 saturated carbocycles. The number of rotatable bonds is 5. The molecule has 0 aliphatic carbocycles. The molecule has 1 aromatic rings. The number of aromatic nitrogens is 1. The number of pyridine rings is 1. The first kappa shape index (κ1) is 15.7. The highest BCUT2D eigenvalue weighted by Crippen LogP contribution is 2.27. The first-order chi connectivity index (χ1) is 9.93. The van der Waals surface area contributed by atoms with Gasteiger partial charge in [-0.15, -0.1) is 0 Å². The molecule has 1 saturated heterocycles. The lowest BCUT2D eigenvalue weighted by Gasteiger charge is -2.37. The van der Waals surface area contributed by atoms with Gasteiger partial charge in [0.1, 0.15) is 5.75 Å². The van der Waals surface area contributed by atoms with Gasteiger partial charge in [0.25, 0.3) is 0 Å². The summed E-state index contributed by atoms with van der Waals surface area (Å²) in [7, 11) is 1.63. The zero-order valence-corrected chi connectivity index (χ0v) is 12.5. The summed E-state index contributed by atoms with van der Waals surface area (Å²) in [6.07, 6.45) is 4.31. The first-order valence-corrected chi connectivity index (χ1v) is 7.07. The predicted molar refractivity (Wildman–Crippen MR) is 77.2 cm³/mol. The molecule has 21 heavy (non-hydrogen) atoms. The number of likely N-dealkylation sites (tertiary alicyclic amines) is 1. The van der Waals surface area contributed by atoms with Crippen LogP contribution in [0.4, 0.5) is 0 Å². The Morgan fingerprint density at radius 3 is 2.67 bits per heavy atom. The monoisotopic (exact) mass is 294 g/mol. The highest BCUT2D eigenvalue weighted by molar-refractivity contribution is 5.68. The molecular weight excluding hydrogens is 272 g/mol. The van der Waals surface area contributed by atoms with Crippen LogP contribution in [0.1, 0.15) is 30.4 Å². The van der Waals surface area contributed by atoms with Gasteiger partial charge in [0.2, 0.25) is 0 Å². The number of methoxy groups -OCH3 is 1. The molecule has 0 aromatic carbocycles. The largest absolute Gasteiger partial charge is 0.495 e. The van der Waals surface area contributed by atoms with E-state index in [-0.39, 0.29) is 6.42 Å². The molecule has 0 radical (unpaired) electrons. The van der Waals surface area contributed by atoms with Crippen molar-refractivity contribution in [3.8, 4) is 5.75 Å². The molecule has 2 N–H and O–H groups in total. The molecule has 0 spiro atoms. The minimum Gasteiger partial charge on any atom is -0.495 e. The van der Waals surface area contributed by atoms with Crippen LogP contribution >= 0.6 is 0 Å². The molecule has 1 aliphatic rings. The fourth-order valence-corrected chi connectivity index (χ4v) is 2.74. The topological polar surface area (TPSA) is 82.9 Å². The van der Waals surface area contributed by atoms with E-state index in [1.807, 2.05) is 13.1 Å². The van der Waals surface area contributed by atoms with E-state index in [2.05, 4.69) is 9.88 Å². The number of aliphatic hydroxyl groups is 1. The van der Waals surface area contributed by atoms with Crippen molar-refractivity contribution < 1.29 is 19.7 Å². The number of aliphatic carboxylic acids is 1. The van der Waals surface area contributed by atoms with Gasteiger partial charge in [0, 0.05) is 25.8 Å². The third-order valence-corrected chi connectivity index (χ3v) is 4.15. The Morgan fingerprint density at radius 1 is 1.43 bits per heavy atom. The van der Waals surface area contributed by atoms with Crippen LogP contribution in [0.25, 0.3) is 0 Å². The number of piperidine rings is 1. The van der Waals surface area contributed by atoms with Gasteiger partial charge < -0.3 is 14.9 Å². The van der Waals surface area contributed by atoms with Gasteiger partial charge in [0.15, 0.2) is 0 Å². The van der Waals surface area contributed by atoms with Gasteiger partial charge in [-0.2, -0.15) is 0 Å². The zero-order chi connectivity index (χ0) is 15.5. The van der Waals surface area contributed by atoms with Crippen LogP contribution in [-0.2, 0) is 11.3 Å². The zero-order valence-electron chi connectivity index (χ0n) is 12.5. The van der Waals surface area contributed by atoms with Crippen molar-refractivity contribution >= 4 is 5.97 Å². The van der Waals surface area contributed by atoms with E-state index < -0.39 is 11.6 Å². The SMILES string of the molecule is COc1cncc(CN2CCC(O)(CC(=O)O)CC2)c1C. The number of ether oxygens (including phenoxy) is 1. The summed E-state index contributed by atoms with van der Waals surface area (Å²) in [5, 5.41) is 19.1. The maximum Gasteiger partial charge on any atom is 0.306 e. The summed E-state index contributed by atoms with van der Waals surface area (Å²) in [5.74, 6) is -0.175. The van der Waals surface area contributed by atoms with E-state index in [4.69, 9.17) is 9.84 Å². The van der Waals surface area contributed by atoms with Gasteiger partial charge >= 0.3 is 5.97 Å². The van der Waals surface area contributed by atoms with Crippen molar-refractivity contribution in [3.05, 3.63) is 23.5 Å². The maximum atomic E-state index is 10.8. The average Bonchev–Trinajstić information content (AvgIpc) is 2.43. The highest BCUT2D eigenvalue weighted by atomic mass is 16.5. The van der Waals surface area contributed by atoms with Gasteiger partial charge in [-0.05, 0) is 30.9 Å². The van der Waals surface area contributed by atoms with Crippen LogP contribution in [-0.4, -0.2) is 51.9 Å². The number of carboxylic acids is 1.